The van der Waals surface area contributed by atoms with Crippen LogP contribution in [0.5, 0.6) is 0 Å². The highest BCUT2D eigenvalue weighted by molar-refractivity contribution is 8.00. The molecule has 0 radical (unpaired) electrons. The summed E-state index contributed by atoms with van der Waals surface area (Å²) in [7, 11) is 0. The van der Waals surface area contributed by atoms with Crippen LogP contribution in [0.4, 0.5) is 0 Å². The van der Waals surface area contributed by atoms with Crippen LogP contribution in [0.3, 0.4) is 0 Å². The summed E-state index contributed by atoms with van der Waals surface area (Å²) in [5.41, 5.74) is 0. The molecule has 1 aliphatic rings. The lowest BCUT2D eigenvalue weighted by atomic mass is 9.99. The van der Waals surface area contributed by atoms with Crippen LogP contribution in [0.15, 0.2) is 9.64 Å². The highest BCUT2D eigenvalue weighted by Crippen LogP contribution is 2.30. The average Bonchev–Trinajstić information content (AvgIpc) is 2.91. The zero-order valence-electron chi connectivity index (χ0n) is 14.0. The molecule has 1 fully saturated rings. The molecule has 0 aliphatic carbocycles. The Hall–Kier alpha value is -1.04. The third kappa shape index (κ3) is 4.48. The van der Waals surface area contributed by atoms with Crippen molar-refractivity contribution in [3.05, 3.63) is 5.89 Å². The van der Waals surface area contributed by atoms with E-state index in [1.165, 1.54) is 18.2 Å². The molecule has 0 bridgehead atoms. The van der Waals surface area contributed by atoms with E-state index in [4.69, 9.17) is 4.42 Å². The van der Waals surface area contributed by atoms with Crippen LogP contribution in [0.1, 0.15) is 52.8 Å². The van der Waals surface area contributed by atoms with Crippen molar-refractivity contribution in [1.82, 2.24) is 15.1 Å². The summed E-state index contributed by atoms with van der Waals surface area (Å²) >= 11 is 1.41. The zero-order valence-corrected chi connectivity index (χ0v) is 14.9. The lowest BCUT2D eigenvalue weighted by Crippen LogP contribution is -2.45. The second-order valence-electron chi connectivity index (χ2n) is 6.53. The highest BCUT2D eigenvalue weighted by atomic mass is 32.2. The summed E-state index contributed by atoms with van der Waals surface area (Å²) in [5, 5.41) is 8.48. The van der Waals surface area contributed by atoms with Crippen LogP contribution in [-0.2, 0) is 11.2 Å². The smallest absolute Gasteiger partial charge is 0.277 e. The van der Waals surface area contributed by atoms with Gasteiger partial charge in [-0.05, 0) is 31.1 Å². The Kier molecular flexibility index (Phi) is 6.29. The molecule has 1 aromatic rings. The van der Waals surface area contributed by atoms with Crippen LogP contribution < -0.4 is 0 Å². The van der Waals surface area contributed by atoms with Crippen molar-refractivity contribution in [3.8, 4) is 0 Å². The number of hydrogen-bond acceptors (Lipinski definition) is 5. The summed E-state index contributed by atoms with van der Waals surface area (Å²) in [4.78, 5) is 14.8. The fraction of sp³-hybridized carbons (Fsp3) is 0.812. The Bertz CT molecular complexity index is 489. The molecule has 2 atom stereocenters. The standard InChI is InChI=1S/C16H27N3O2S/c1-5-7-13-17-18-16(21-13)22-14(11(2)3)15(20)19-9-6-8-12(4)10-19/h11-12,14H,5-10H2,1-4H3/t12-,14+/m1/s1. The Labute approximate surface area is 137 Å². The van der Waals surface area contributed by atoms with Gasteiger partial charge in [0.2, 0.25) is 11.8 Å². The summed E-state index contributed by atoms with van der Waals surface area (Å²) in [5.74, 6) is 1.69. The third-order valence-corrected chi connectivity index (χ3v) is 5.32. The van der Waals surface area contributed by atoms with Crippen LogP contribution in [-0.4, -0.2) is 39.3 Å². The second-order valence-corrected chi connectivity index (χ2v) is 7.62. The normalized spacial score (nSPS) is 20.4. The number of aryl methyl sites for hydroxylation is 1. The lowest BCUT2D eigenvalue weighted by molar-refractivity contribution is -0.133. The molecular weight excluding hydrogens is 298 g/mol. The first-order valence-electron chi connectivity index (χ1n) is 8.29. The molecule has 2 rings (SSSR count). The van der Waals surface area contributed by atoms with Crippen LogP contribution in [0, 0.1) is 11.8 Å². The predicted molar refractivity (Wildman–Crippen MR) is 87.8 cm³/mol. The van der Waals surface area contributed by atoms with Crippen LogP contribution >= 0.6 is 11.8 Å². The number of likely N-dealkylation sites (tertiary alicyclic amines) is 1. The van der Waals surface area contributed by atoms with E-state index in [1.54, 1.807) is 0 Å². The summed E-state index contributed by atoms with van der Waals surface area (Å²) < 4.78 is 5.63. The lowest BCUT2D eigenvalue weighted by Gasteiger charge is -2.34. The van der Waals surface area contributed by atoms with E-state index in [1.807, 2.05) is 4.90 Å². The first-order chi connectivity index (χ1) is 10.5. The second kappa shape index (κ2) is 7.99. The Morgan fingerprint density at radius 1 is 1.45 bits per heavy atom. The van der Waals surface area contributed by atoms with Gasteiger partial charge in [0.05, 0.1) is 5.25 Å². The van der Waals surface area contributed by atoms with E-state index in [-0.39, 0.29) is 17.1 Å². The summed E-state index contributed by atoms with van der Waals surface area (Å²) in [6.45, 7) is 10.2. The molecule has 1 aromatic heterocycles. The number of rotatable bonds is 6. The third-order valence-electron chi connectivity index (χ3n) is 3.96. The van der Waals surface area contributed by atoms with Crippen LogP contribution in [0.25, 0.3) is 0 Å². The van der Waals surface area contributed by atoms with Gasteiger partial charge in [-0.25, -0.2) is 0 Å². The SMILES string of the molecule is CCCc1nnc(S[C@H](C(=O)N2CCC[C@@H](C)C2)C(C)C)o1. The van der Waals surface area contributed by atoms with Crippen molar-refractivity contribution >= 4 is 17.7 Å². The summed E-state index contributed by atoms with van der Waals surface area (Å²) in [6, 6.07) is 0. The largest absolute Gasteiger partial charge is 0.416 e. The monoisotopic (exact) mass is 325 g/mol. The van der Waals surface area contributed by atoms with Gasteiger partial charge in [0.25, 0.3) is 5.22 Å². The molecule has 5 nitrogen and oxygen atoms in total. The molecule has 1 aliphatic heterocycles. The van der Waals surface area contributed by atoms with Gasteiger partial charge in [0.15, 0.2) is 0 Å². The fourth-order valence-electron chi connectivity index (χ4n) is 2.75. The maximum Gasteiger partial charge on any atom is 0.277 e. The number of carbonyl (C=O) groups excluding carboxylic acids is 1. The molecule has 0 spiro atoms. The van der Waals surface area contributed by atoms with E-state index >= 15 is 0 Å². The quantitative estimate of drug-likeness (QED) is 0.750. The molecule has 0 unspecified atom stereocenters. The van der Waals surface area contributed by atoms with Crippen LogP contribution in [0.2, 0.25) is 0 Å². The van der Waals surface area contributed by atoms with Crippen molar-refractivity contribution < 1.29 is 9.21 Å². The topological polar surface area (TPSA) is 59.2 Å². The molecule has 0 saturated carbocycles. The molecule has 124 valence electrons. The van der Waals surface area contributed by atoms with Gasteiger partial charge in [-0.3, -0.25) is 4.79 Å². The predicted octanol–water partition coefficient (Wildman–Crippen LogP) is 3.40. The number of hydrogen-bond donors (Lipinski definition) is 0. The Morgan fingerprint density at radius 3 is 2.86 bits per heavy atom. The van der Waals surface area contributed by atoms with Crippen molar-refractivity contribution in [1.29, 1.82) is 0 Å². The van der Waals surface area contributed by atoms with Gasteiger partial charge in [-0.15, -0.1) is 10.2 Å². The van der Waals surface area contributed by atoms with Crippen molar-refractivity contribution in [2.24, 2.45) is 11.8 Å². The Balaban J connectivity index is 2.03. The Morgan fingerprint density at radius 2 is 2.23 bits per heavy atom. The van der Waals surface area contributed by atoms with E-state index in [2.05, 4.69) is 37.9 Å². The fourth-order valence-corrected chi connectivity index (χ4v) is 3.72. The summed E-state index contributed by atoms with van der Waals surface area (Å²) in [6.07, 6.45) is 4.08. The van der Waals surface area contributed by atoms with E-state index in [0.717, 1.165) is 32.4 Å². The zero-order chi connectivity index (χ0) is 16.1. The molecule has 22 heavy (non-hydrogen) atoms. The minimum absolute atomic E-state index is 0.153. The van der Waals surface area contributed by atoms with Crippen molar-refractivity contribution in [2.45, 2.75) is 63.9 Å². The highest BCUT2D eigenvalue weighted by Gasteiger charge is 2.31. The molecule has 1 saturated heterocycles. The maximum absolute atomic E-state index is 12.8. The minimum atomic E-state index is -0.153. The number of amides is 1. The van der Waals surface area contributed by atoms with Gasteiger partial charge in [0.1, 0.15) is 0 Å². The van der Waals surface area contributed by atoms with Gasteiger partial charge in [0, 0.05) is 19.5 Å². The number of aromatic nitrogens is 2. The van der Waals surface area contributed by atoms with Gasteiger partial charge >= 0.3 is 0 Å². The first-order valence-corrected chi connectivity index (χ1v) is 9.17. The number of piperidine rings is 1. The molecule has 0 N–H and O–H groups in total. The van der Waals surface area contributed by atoms with Crippen molar-refractivity contribution in [3.63, 3.8) is 0 Å². The van der Waals surface area contributed by atoms with E-state index < -0.39 is 0 Å². The molecule has 6 heteroatoms. The number of thioether (sulfide) groups is 1. The van der Waals surface area contributed by atoms with E-state index in [0.29, 0.717) is 17.0 Å². The van der Waals surface area contributed by atoms with E-state index in [9.17, 15) is 4.79 Å². The van der Waals surface area contributed by atoms with Gasteiger partial charge in [-0.1, -0.05) is 39.5 Å². The average molecular weight is 325 g/mol. The molecule has 0 aromatic carbocycles. The van der Waals surface area contributed by atoms with Crippen molar-refractivity contribution in [2.75, 3.05) is 13.1 Å². The first kappa shape index (κ1) is 17.3. The minimum Gasteiger partial charge on any atom is -0.416 e. The number of nitrogens with zero attached hydrogens (tertiary/aromatic N) is 3. The molecular formula is C16H27N3O2S. The van der Waals surface area contributed by atoms with Gasteiger partial charge < -0.3 is 9.32 Å². The molecule has 1 amide bonds. The molecule has 2 heterocycles. The maximum atomic E-state index is 12.8. The number of carbonyl (C=O) groups is 1. The van der Waals surface area contributed by atoms with Gasteiger partial charge in [-0.2, -0.15) is 0 Å².